The van der Waals surface area contributed by atoms with Gasteiger partial charge in [-0.1, -0.05) is 0 Å². The minimum atomic E-state index is -0.484. The molecule has 0 atom stereocenters. The van der Waals surface area contributed by atoms with Crippen LogP contribution in [-0.4, -0.2) is 54.1 Å². The Bertz CT molecular complexity index is 684. The molecule has 1 aliphatic heterocycles. The van der Waals surface area contributed by atoms with Crippen LogP contribution in [0.3, 0.4) is 0 Å². The zero-order valence-corrected chi connectivity index (χ0v) is 16.2. The first-order valence-electron chi connectivity index (χ1n) is 8.97. The summed E-state index contributed by atoms with van der Waals surface area (Å²) >= 11 is 0. The Labute approximate surface area is 154 Å². The molecule has 0 bridgehead atoms. The Hall–Kier alpha value is -2.31. The Morgan fingerprint density at radius 1 is 1.19 bits per heavy atom. The third kappa shape index (κ3) is 4.26. The number of likely N-dealkylation sites (tertiary alicyclic amines) is 1. The van der Waals surface area contributed by atoms with Gasteiger partial charge in [0.1, 0.15) is 0 Å². The molecule has 2 rings (SSSR count). The van der Waals surface area contributed by atoms with E-state index in [0.29, 0.717) is 31.5 Å². The molecular weight excluding hydrogens is 336 g/mol. The van der Waals surface area contributed by atoms with Crippen molar-refractivity contribution in [3.05, 3.63) is 23.0 Å². The van der Waals surface area contributed by atoms with Crippen molar-refractivity contribution < 1.29 is 23.9 Å². The minimum absolute atomic E-state index is 0.159. The second kappa shape index (κ2) is 8.38. The van der Waals surface area contributed by atoms with Crippen LogP contribution < -0.4 is 0 Å². The van der Waals surface area contributed by atoms with Crippen molar-refractivity contribution in [1.29, 1.82) is 0 Å². The highest BCUT2D eigenvalue weighted by atomic mass is 16.5. The van der Waals surface area contributed by atoms with Crippen LogP contribution in [-0.2, 0) is 19.1 Å². The predicted molar refractivity (Wildman–Crippen MR) is 95.9 cm³/mol. The number of carbonyl (C=O) groups is 3. The average molecular weight is 364 g/mol. The zero-order valence-electron chi connectivity index (χ0n) is 16.2. The van der Waals surface area contributed by atoms with Gasteiger partial charge in [0.25, 0.3) is 5.91 Å². The molecule has 0 aliphatic carbocycles. The van der Waals surface area contributed by atoms with Crippen molar-refractivity contribution in [2.75, 3.05) is 26.8 Å². The quantitative estimate of drug-likeness (QED) is 0.749. The van der Waals surface area contributed by atoms with Crippen LogP contribution in [0.15, 0.2) is 6.07 Å². The van der Waals surface area contributed by atoms with E-state index < -0.39 is 5.97 Å². The number of aromatic nitrogens is 1. The summed E-state index contributed by atoms with van der Waals surface area (Å²) in [6.07, 6.45) is 1.14. The molecule has 0 spiro atoms. The number of hydrogen-bond donors (Lipinski definition) is 0. The Kier molecular flexibility index (Phi) is 6.45. The van der Waals surface area contributed by atoms with Crippen LogP contribution in [0.5, 0.6) is 0 Å². The summed E-state index contributed by atoms with van der Waals surface area (Å²) in [7, 11) is 1.37. The lowest BCUT2D eigenvalue weighted by atomic mass is 9.97. The largest absolute Gasteiger partial charge is 0.469 e. The fourth-order valence-corrected chi connectivity index (χ4v) is 3.61. The van der Waals surface area contributed by atoms with Gasteiger partial charge < -0.3 is 18.9 Å². The number of rotatable bonds is 5. The van der Waals surface area contributed by atoms with E-state index in [1.165, 1.54) is 7.11 Å². The summed E-state index contributed by atoms with van der Waals surface area (Å²) in [5.41, 5.74) is 2.32. The van der Waals surface area contributed by atoms with Crippen molar-refractivity contribution in [2.45, 2.75) is 46.6 Å². The molecule has 1 aliphatic rings. The molecule has 0 saturated carbocycles. The summed E-state index contributed by atoms with van der Waals surface area (Å²) in [6.45, 7) is 8.58. The first-order valence-corrected chi connectivity index (χ1v) is 8.97. The Morgan fingerprint density at radius 2 is 1.81 bits per heavy atom. The maximum absolute atomic E-state index is 12.4. The van der Waals surface area contributed by atoms with E-state index in [2.05, 4.69) is 18.4 Å². The van der Waals surface area contributed by atoms with Crippen molar-refractivity contribution in [1.82, 2.24) is 9.47 Å². The molecular formula is C19H28N2O5. The van der Waals surface area contributed by atoms with Gasteiger partial charge >= 0.3 is 11.9 Å². The molecule has 26 heavy (non-hydrogen) atoms. The van der Waals surface area contributed by atoms with Crippen LogP contribution in [0.4, 0.5) is 0 Å². The van der Waals surface area contributed by atoms with Gasteiger partial charge in [0.2, 0.25) is 0 Å². The van der Waals surface area contributed by atoms with Crippen LogP contribution in [0.25, 0.3) is 0 Å². The third-order valence-electron chi connectivity index (χ3n) is 4.93. The van der Waals surface area contributed by atoms with E-state index in [9.17, 15) is 14.4 Å². The molecule has 0 unspecified atom stereocenters. The smallest absolute Gasteiger partial charge is 0.340 e. The molecule has 1 saturated heterocycles. The van der Waals surface area contributed by atoms with E-state index in [0.717, 1.165) is 11.4 Å². The topological polar surface area (TPSA) is 77.8 Å². The average Bonchev–Trinajstić information content (AvgIpc) is 2.93. The number of nitrogens with zero attached hydrogens (tertiary/aromatic N) is 2. The number of carbonyl (C=O) groups excluding carboxylic acids is 3. The van der Waals surface area contributed by atoms with Gasteiger partial charge in [-0.2, -0.15) is 0 Å². The number of hydrogen-bond acceptors (Lipinski definition) is 5. The molecule has 1 amide bonds. The molecule has 0 N–H and O–H groups in total. The van der Waals surface area contributed by atoms with Crippen LogP contribution in [0.2, 0.25) is 0 Å². The summed E-state index contributed by atoms with van der Waals surface area (Å²) in [4.78, 5) is 37.8. The fraction of sp³-hybridized carbons (Fsp3) is 0.632. The first kappa shape index (κ1) is 20.0. The van der Waals surface area contributed by atoms with Gasteiger partial charge in [-0.05, 0) is 46.6 Å². The van der Waals surface area contributed by atoms with E-state index >= 15 is 0 Å². The Morgan fingerprint density at radius 3 is 2.31 bits per heavy atom. The van der Waals surface area contributed by atoms with Crippen molar-refractivity contribution >= 4 is 17.8 Å². The predicted octanol–water partition coefficient (Wildman–Crippen LogP) is 2.25. The number of methoxy groups -OCH3 is 1. The van der Waals surface area contributed by atoms with Crippen molar-refractivity contribution in [3.8, 4) is 0 Å². The van der Waals surface area contributed by atoms with E-state index in [4.69, 9.17) is 9.47 Å². The molecule has 1 aromatic rings. The Balaban J connectivity index is 1.89. The summed E-state index contributed by atoms with van der Waals surface area (Å²) in [6, 6.07) is 2.04. The minimum Gasteiger partial charge on any atom is -0.469 e. The molecule has 7 heteroatoms. The number of amides is 1. The zero-order chi connectivity index (χ0) is 19.4. The van der Waals surface area contributed by atoms with Gasteiger partial charge in [-0.3, -0.25) is 9.59 Å². The normalized spacial score (nSPS) is 15.2. The highest BCUT2D eigenvalue weighted by molar-refractivity contribution is 5.92. The molecule has 0 radical (unpaired) electrons. The van der Waals surface area contributed by atoms with Crippen LogP contribution >= 0.6 is 0 Å². The second-order valence-corrected chi connectivity index (χ2v) is 7.00. The van der Waals surface area contributed by atoms with Gasteiger partial charge in [0.05, 0.1) is 18.6 Å². The molecule has 144 valence electrons. The third-order valence-corrected chi connectivity index (χ3v) is 4.93. The van der Waals surface area contributed by atoms with Gasteiger partial charge in [-0.15, -0.1) is 0 Å². The number of esters is 2. The molecule has 2 heterocycles. The summed E-state index contributed by atoms with van der Waals surface area (Å²) < 4.78 is 12.0. The lowest BCUT2D eigenvalue weighted by molar-refractivity contribution is -0.149. The van der Waals surface area contributed by atoms with Crippen molar-refractivity contribution in [3.63, 3.8) is 0 Å². The monoisotopic (exact) mass is 364 g/mol. The lowest BCUT2D eigenvalue weighted by Gasteiger charge is -2.30. The van der Waals surface area contributed by atoms with E-state index in [1.54, 1.807) is 11.0 Å². The van der Waals surface area contributed by atoms with Crippen LogP contribution in [0, 0.1) is 19.8 Å². The highest BCUT2D eigenvalue weighted by Crippen LogP contribution is 2.21. The first-order chi connectivity index (χ1) is 12.3. The number of aryl methyl sites for hydroxylation is 1. The fourth-order valence-electron chi connectivity index (χ4n) is 3.61. The number of ether oxygens (including phenoxy) is 2. The highest BCUT2D eigenvalue weighted by Gasteiger charge is 2.28. The van der Waals surface area contributed by atoms with Gasteiger partial charge in [-0.25, -0.2) is 4.79 Å². The van der Waals surface area contributed by atoms with Gasteiger partial charge in [0, 0.05) is 30.5 Å². The molecule has 1 fully saturated rings. The molecule has 1 aromatic heterocycles. The van der Waals surface area contributed by atoms with Gasteiger partial charge in [0.15, 0.2) is 6.61 Å². The summed E-state index contributed by atoms with van der Waals surface area (Å²) in [5, 5.41) is 0. The maximum atomic E-state index is 12.4. The van der Waals surface area contributed by atoms with Crippen LogP contribution in [0.1, 0.15) is 54.5 Å². The van der Waals surface area contributed by atoms with E-state index in [-0.39, 0.29) is 30.4 Å². The maximum Gasteiger partial charge on any atom is 0.340 e. The summed E-state index contributed by atoms with van der Waals surface area (Å²) in [5.74, 6) is -1.11. The standard InChI is InChI=1S/C19H28N2O5/c1-12(2)21-13(3)10-16(14(21)4)19(24)26-11-17(22)20-8-6-15(7-9-20)18(23)25-5/h10,12,15H,6-9,11H2,1-5H3. The second-order valence-electron chi connectivity index (χ2n) is 7.00. The van der Waals surface area contributed by atoms with Crippen molar-refractivity contribution in [2.24, 2.45) is 5.92 Å². The molecule has 7 nitrogen and oxygen atoms in total. The number of piperidine rings is 1. The van der Waals surface area contributed by atoms with E-state index in [1.807, 2.05) is 13.8 Å². The lowest BCUT2D eigenvalue weighted by Crippen LogP contribution is -2.42. The SMILES string of the molecule is COC(=O)C1CCN(C(=O)COC(=O)c2cc(C)n(C(C)C)c2C)CC1. The molecule has 0 aromatic carbocycles.